The fraction of sp³-hybridized carbons (Fsp3) is 0.150. The number of hydrogen-bond acceptors (Lipinski definition) is 7. The average molecular weight is 474 g/mol. The Hall–Kier alpha value is -2.89. The summed E-state index contributed by atoms with van der Waals surface area (Å²) in [5, 5.41) is 11.0. The van der Waals surface area contributed by atoms with E-state index in [9.17, 15) is 24.1 Å². The van der Waals surface area contributed by atoms with E-state index in [-0.39, 0.29) is 11.4 Å². The molecule has 0 aliphatic carbocycles. The number of fused-ring (bicyclic) bond motifs is 2. The van der Waals surface area contributed by atoms with E-state index in [4.69, 9.17) is 12.2 Å². The van der Waals surface area contributed by atoms with Gasteiger partial charge in [-0.25, -0.2) is 9.29 Å². The van der Waals surface area contributed by atoms with Crippen molar-refractivity contribution in [1.29, 1.82) is 0 Å². The molecule has 2 aliphatic rings. The number of thioether (sulfide) groups is 1. The Labute approximate surface area is 188 Å². The largest absolute Gasteiger partial charge is 0.332 e. The molecule has 11 heteroatoms. The van der Waals surface area contributed by atoms with E-state index in [2.05, 4.69) is 4.98 Å². The quantitative estimate of drug-likeness (QED) is 0.257. The van der Waals surface area contributed by atoms with E-state index in [1.165, 1.54) is 59.5 Å². The molecule has 2 aromatic carbocycles. The molecular weight excluding hydrogens is 461 g/mol. The molecular formula is C20H12FN3O4S3. The van der Waals surface area contributed by atoms with Crippen LogP contribution in [0.25, 0.3) is 0 Å². The number of carbonyl (C=O) groups is 2. The zero-order valence-corrected chi connectivity index (χ0v) is 17.9. The van der Waals surface area contributed by atoms with Crippen molar-refractivity contribution in [3.63, 3.8) is 0 Å². The third-order valence-corrected chi connectivity index (χ3v) is 8.12. The van der Waals surface area contributed by atoms with Gasteiger partial charge < -0.3 is 4.98 Å². The highest BCUT2D eigenvalue weighted by Crippen LogP contribution is 2.54. The molecule has 5 rings (SSSR count). The van der Waals surface area contributed by atoms with Crippen molar-refractivity contribution in [2.45, 2.75) is 16.2 Å². The highest BCUT2D eigenvalue weighted by molar-refractivity contribution is 8.01. The summed E-state index contributed by atoms with van der Waals surface area (Å²) in [5.74, 6) is -2.34. The van der Waals surface area contributed by atoms with Crippen LogP contribution in [0.1, 0.15) is 16.4 Å². The van der Waals surface area contributed by atoms with E-state index >= 15 is 0 Å². The van der Waals surface area contributed by atoms with Crippen LogP contribution < -0.4 is 4.90 Å². The van der Waals surface area contributed by atoms with E-state index < -0.39 is 39.6 Å². The maximum absolute atomic E-state index is 13.5. The second-order valence-corrected chi connectivity index (χ2v) is 9.96. The van der Waals surface area contributed by atoms with Gasteiger partial charge in [0.1, 0.15) is 11.1 Å². The van der Waals surface area contributed by atoms with Crippen LogP contribution in [0.2, 0.25) is 0 Å². The zero-order valence-electron chi connectivity index (χ0n) is 15.5. The van der Waals surface area contributed by atoms with Crippen LogP contribution in [0.3, 0.4) is 0 Å². The molecule has 3 atom stereocenters. The van der Waals surface area contributed by atoms with E-state index in [1.54, 1.807) is 12.1 Å². The standard InChI is InChI=1S/C20H12FN3O4S3/c21-10-3-1-9(2-4-10)13-14-16(30-17-15(13)31-20(29)22-17)19(26)23(18(14)25)11-5-7-12(8-6-11)24(27)28/h1-8,13-14,16H,(H,22,29). The number of anilines is 1. The lowest BCUT2D eigenvalue weighted by Crippen LogP contribution is -2.32. The fourth-order valence-corrected chi connectivity index (χ4v) is 6.98. The van der Waals surface area contributed by atoms with Crippen LogP contribution >= 0.6 is 35.3 Å². The summed E-state index contributed by atoms with van der Waals surface area (Å²) in [5.41, 5.74) is 0.869. The van der Waals surface area contributed by atoms with Gasteiger partial charge in [0.2, 0.25) is 11.8 Å². The molecule has 7 nitrogen and oxygen atoms in total. The SMILES string of the molecule is O=C1C2Sc3[nH]c(=S)sc3C(c3ccc(F)cc3)C2C(=O)N1c1ccc([N+](=O)[O-])cc1. The van der Waals surface area contributed by atoms with Crippen LogP contribution in [0.5, 0.6) is 0 Å². The van der Waals surface area contributed by atoms with Crippen molar-refractivity contribution in [2.75, 3.05) is 4.90 Å². The van der Waals surface area contributed by atoms with Crippen molar-refractivity contribution in [1.82, 2.24) is 4.98 Å². The first kappa shape index (κ1) is 20.0. The smallest absolute Gasteiger partial charge is 0.269 e. The molecule has 1 fully saturated rings. The number of imide groups is 1. The Morgan fingerprint density at radius 2 is 1.74 bits per heavy atom. The molecule has 0 radical (unpaired) electrons. The minimum atomic E-state index is -0.702. The number of hydrogen-bond donors (Lipinski definition) is 1. The number of H-pyrrole nitrogens is 1. The summed E-state index contributed by atoms with van der Waals surface area (Å²) in [4.78, 5) is 42.2. The van der Waals surface area contributed by atoms with Crippen molar-refractivity contribution >= 4 is 58.5 Å². The van der Waals surface area contributed by atoms with Gasteiger partial charge in [-0.1, -0.05) is 23.9 Å². The molecule has 0 spiro atoms. The lowest BCUT2D eigenvalue weighted by atomic mass is 9.83. The molecule has 31 heavy (non-hydrogen) atoms. The summed E-state index contributed by atoms with van der Waals surface area (Å²) in [6.45, 7) is 0. The van der Waals surface area contributed by atoms with Gasteiger partial charge in [0.25, 0.3) is 5.69 Å². The maximum Gasteiger partial charge on any atom is 0.269 e. The van der Waals surface area contributed by atoms with Crippen LogP contribution in [0.15, 0.2) is 53.6 Å². The summed E-state index contributed by atoms with van der Waals surface area (Å²) in [7, 11) is 0. The Bertz CT molecular complexity index is 1290. The second kappa shape index (κ2) is 7.36. The Morgan fingerprint density at radius 1 is 1.06 bits per heavy atom. The van der Waals surface area contributed by atoms with Gasteiger partial charge >= 0.3 is 0 Å². The third-order valence-electron chi connectivity index (χ3n) is 5.37. The lowest BCUT2D eigenvalue weighted by molar-refractivity contribution is -0.384. The van der Waals surface area contributed by atoms with Gasteiger partial charge in [-0.2, -0.15) is 0 Å². The van der Waals surface area contributed by atoms with Gasteiger partial charge in [-0.05, 0) is 42.0 Å². The number of aromatic nitrogens is 1. The maximum atomic E-state index is 13.5. The van der Waals surface area contributed by atoms with Crippen LogP contribution in [0.4, 0.5) is 15.8 Å². The van der Waals surface area contributed by atoms with Crippen molar-refractivity contribution < 1.29 is 18.9 Å². The van der Waals surface area contributed by atoms with Crippen molar-refractivity contribution in [2.24, 2.45) is 5.92 Å². The Kier molecular flexibility index (Phi) is 4.76. The van der Waals surface area contributed by atoms with Gasteiger partial charge in [-0.3, -0.25) is 19.7 Å². The van der Waals surface area contributed by atoms with Crippen LogP contribution in [-0.2, 0) is 9.59 Å². The monoisotopic (exact) mass is 473 g/mol. The number of halogens is 1. The first-order valence-corrected chi connectivity index (χ1v) is 11.2. The molecule has 2 aliphatic heterocycles. The van der Waals surface area contributed by atoms with E-state index in [0.717, 1.165) is 20.4 Å². The number of nitrogens with one attached hydrogen (secondary N) is 1. The molecule has 3 aromatic rings. The molecule has 1 N–H and O–H groups in total. The van der Waals surface area contributed by atoms with Gasteiger partial charge in [0.15, 0.2) is 3.95 Å². The number of nitro groups is 1. The molecule has 3 unspecified atom stereocenters. The number of non-ortho nitro benzene ring substituents is 1. The predicted octanol–water partition coefficient (Wildman–Crippen LogP) is 4.65. The van der Waals surface area contributed by atoms with Crippen LogP contribution in [-0.4, -0.2) is 27.0 Å². The average Bonchev–Trinajstić information content (AvgIpc) is 3.23. The summed E-state index contributed by atoms with van der Waals surface area (Å²) < 4.78 is 14.1. The van der Waals surface area contributed by atoms with Gasteiger partial charge in [0, 0.05) is 22.9 Å². The molecule has 1 saturated heterocycles. The fourth-order valence-electron chi connectivity index (χ4n) is 4.02. The van der Waals surface area contributed by atoms with Gasteiger partial charge in [0.05, 0.1) is 21.6 Å². The predicted molar refractivity (Wildman–Crippen MR) is 116 cm³/mol. The second-order valence-electron chi connectivity index (χ2n) is 7.09. The van der Waals surface area contributed by atoms with E-state index in [0.29, 0.717) is 3.95 Å². The van der Waals surface area contributed by atoms with Crippen molar-refractivity contribution in [3.05, 3.63) is 78.9 Å². The molecule has 156 valence electrons. The molecule has 3 heterocycles. The Morgan fingerprint density at radius 3 is 2.39 bits per heavy atom. The number of thiazole rings is 1. The number of rotatable bonds is 3. The normalized spacial score (nSPS) is 22.4. The number of nitrogens with zero attached hydrogens (tertiary/aromatic N) is 2. The third kappa shape index (κ3) is 3.20. The number of aromatic amines is 1. The molecule has 0 saturated carbocycles. The minimum Gasteiger partial charge on any atom is -0.332 e. The highest BCUT2D eigenvalue weighted by Gasteiger charge is 2.56. The summed E-state index contributed by atoms with van der Waals surface area (Å²) in [6, 6.07) is 11.2. The lowest BCUT2D eigenvalue weighted by Gasteiger charge is -2.29. The minimum absolute atomic E-state index is 0.131. The van der Waals surface area contributed by atoms with Crippen molar-refractivity contribution in [3.8, 4) is 0 Å². The first-order chi connectivity index (χ1) is 14.8. The van der Waals surface area contributed by atoms with E-state index in [1.807, 2.05) is 0 Å². The van der Waals surface area contributed by atoms with Crippen LogP contribution in [0, 0.1) is 25.8 Å². The number of benzene rings is 2. The highest BCUT2D eigenvalue weighted by atomic mass is 32.2. The first-order valence-electron chi connectivity index (χ1n) is 9.12. The summed E-state index contributed by atoms with van der Waals surface area (Å²) >= 11 is 7.88. The zero-order chi connectivity index (χ0) is 21.9. The summed E-state index contributed by atoms with van der Waals surface area (Å²) in [6.07, 6.45) is 0. The molecule has 2 amide bonds. The van der Waals surface area contributed by atoms with Gasteiger partial charge in [-0.15, -0.1) is 11.3 Å². The number of amides is 2. The molecule has 1 aromatic heterocycles. The number of carbonyl (C=O) groups excluding carboxylic acids is 2. The molecule has 0 bridgehead atoms. The number of nitro benzene ring substituents is 1. The topological polar surface area (TPSA) is 96.3 Å². The Balaban J connectivity index is 1.60.